The van der Waals surface area contributed by atoms with Gasteiger partial charge in [0.1, 0.15) is 6.10 Å². The van der Waals surface area contributed by atoms with Gasteiger partial charge in [0.15, 0.2) is 0 Å². The lowest BCUT2D eigenvalue weighted by molar-refractivity contribution is -0.169. The zero-order valence-corrected chi connectivity index (χ0v) is 15.1. The molecule has 0 unspecified atom stereocenters. The van der Waals surface area contributed by atoms with E-state index in [1.165, 1.54) is 29.1 Å². The summed E-state index contributed by atoms with van der Waals surface area (Å²) in [5.74, 6) is 0.397. The van der Waals surface area contributed by atoms with Crippen LogP contribution in [0.3, 0.4) is 0 Å². The number of rotatable bonds is 5. The maximum absolute atomic E-state index is 13.0. The minimum Gasteiger partial charge on any atom is -0.459 e. The third-order valence-corrected chi connectivity index (χ3v) is 7.45. The number of thiophene rings is 2. The van der Waals surface area contributed by atoms with Gasteiger partial charge in [0.05, 0.1) is 9.75 Å². The monoisotopic (exact) mass is 363 g/mol. The van der Waals surface area contributed by atoms with Gasteiger partial charge in [-0.3, -0.25) is 0 Å². The van der Waals surface area contributed by atoms with Crippen LogP contribution in [-0.4, -0.2) is 30.3 Å². The van der Waals surface area contributed by atoms with Crippen molar-refractivity contribution in [1.29, 1.82) is 0 Å². The van der Waals surface area contributed by atoms with E-state index in [4.69, 9.17) is 4.74 Å². The maximum atomic E-state index is 13.0. The second kappa shape index (κ2) is 6.26. The third kappa shape index (κ3) is 2.44. The summed E-state index contributed by atoms with van der Waals surface area (Å²) in [5, 5.41) is 18.4. The van der Waals surface area contributed by atoms with Crippen LogP contribution >= 0.6 is 22.7 Å². The molecule has 0 saturated heterocycles. The normalized spacial score (nSPS) is 29.1. The van der Waals surface area contributed by atoms with Crippen molar-refractivity contribution in [3.05, 3.63) is 44.8 Å². The van der Waals surface area contributed by atoms with Crippen molar-refractivity contribution in [3.8, 4) is 0 Å². The Morgan fingerprint density at radius 1 is 1.25 bits per heavy atom. The standard InChI is InChI=1S/C18H21NO3S2/c1-19-16-11-6-7-12(16)13(10-11)22-17(20)18(21,14-4-2-8-23-14)15-5-3-9-24-15/h2-5,8-9,11-13,16,19,21H,6-7,10H2,1H3/t11-,12+,13+,16-/m0/s1. The highest BCUT2D eigenvalue weighted by molar-refractivity contribution is 7.12. The first kappa shape index (κ1) is 16.3. The Morgan fingerprint density at radius 2 is 1.92 bits per heavy atom. The van der Waals surface area contributed by atoms with Gasteiger partial charge in [-0.1, -0.05) is 12.1 Å². The number of aliphatic hydroxyl groups is 1. The molecule has 4 nitrogen and oxygen atoms in total. The Bertz CT molecular complexity index is 664. The molecule has 4 rings (SSSR count). The molecule has 0 aliphatic heterocycles. The summed E-state index contributed by atoms with van der Waals surface area (Å²) in [4.78, 5) is 14.2. The Hall–Kier alpha value is -1.21. The number of nitrogens with one attached hydrogen (secondary N) is 1. The average molecular weight is 364 g/mol. The highest BCUT2D eigenvalue weighted by Gasteiger charge is 2.52. The molecule has 0 amide bonds. The summed E-state index contributed by atoms with van der Waals surface area (Å²) in [7, 11) is 1.98. The fraction of sp³-hybridized carbons (Fsp3) is 0.500. The minimum atomic E-state index is -1.70. The lowest BCUT2D eigenvalue weighted by Gasteiger charge is -2.29. The SMILES string of the molecule is CN[C@H]1[C@H]2CC[C@@H]1[C@H](OC(=O)C(O)(c1cccs1)c1cccs1)C2. The molecule has 2 bridgehead atoms. The molecular formula is C18H21NO3S2. The lowest BCUT2D eigenvalue weighted by atomic mass is 9.96. The van der Waals surface area contributed by atoms with Gasteiger partial charge in [0.25, 0.3) is 0 Å². The molecule has 2 heterocycles. The molecule has 2 fully saturated rings. The fourth-order valence-electron chi connectivity index (χ4n) is 4.37. The zero-order chi connectivity index (χ0) is 16.7. The topological polar surface area (TPSA) is 58.6 Å². The van der Waals surface area contributed by atoms with Crippen LogP contribution in [0.1, 0.15) is 29.0 Å². The minimum absolute atomic E-state index is 0.0971. The first-order chi connectivity index (χ1) is 11.6. The van der Waals surface area contributed by atoms with Gasteiger partial charge >= 0.3 is 5.97 Å². The van der Waals surface area contributed by atoms with E-state index in [9.17, 15) is 9.90 Å². The van der Waals surface area contributed by atoms with Gasteiger partial charge in [-0.2, -0.15) is 0 Å². The zero-order valence-electron chi connectivity index (χ0n) is 13.5. The number of carbonyl (C=O) groups is 1. The molecule has 0 aromatic carbocycles. The van der Waals surface area contributed by atoms with E-state index in [1.54, 1.807) is 12.1 Å². The number of hydrogen-bond donors (Lipinski definition) is 2. The second-order valence-corrected chi connectivity index (χ2v) is 8.56. The van der Waals surface area contributed by atoms with Crippen molar-refractivity contribution in [2.45, 2.75) is 37.0 Å². The number of carbonyl (C=O) groups excluding carboxylic acids is 1. The van der Waals surface area contributed by atoms with Crippen LogP contribution in [0, 0.1) is 11.8 Å². The third-order valence-electron chi connectivity index (χ3n) is 5.50. The average Bonchev–Trinajstić information content (AvgIpc) is 3.37. The van der Waals surface area contributed by atoms with Crippen LogP contribution in [0.2, 0.25) is 0 Å². The van der Waals surface area contributed by atoms with Gasteiger partial charge < -0.3 is 15.2 Å². The molecule has 2 aromatic heterocycles. The van der Waals surface area contributed by atoms with Crippen LogP contribution in [0.4, 0.5) is 0 Å². The van der Waals surface area contributed by atoms with Crippen LogP contribution in [0.5, 0.6) is 0 Å². The van der Waals surface area contributed by atoms with E-state index >= 15 is 0 Å². The summed E-state index contributed by atoms with van der Waals surface area (Å²) < 4.78 is 5.87. The molecule has 6 heteroatoms. The second-order valence-electron chi connectivity index (χ2n) is 6.66. The Balaban J connectivity index is 1.60. The number of fused-ring (bicyclic) bond motifs is 2. The highest BCUT2D eigenvalue weighted by Crippen LogP contribution is 2.47. The number of ether oxygens (including phenoxy) is 1. The van der Waals surface area contributed by atoms with Crippen molar-refractivity contribution in [2.24, 2.45) is 11.8 Å². The molecule has 2 aliphatic rings. The van der Waals surface area contributed by atoms with Crippen molar-refractivity contribution < 1.29 is 14.6 Å². The molecule has 0 spiro atoms. The van der Waals surface area contributed by atoms with E-state index in [1.807, 2.05) is 29.9 Å². The molecule has 2 N–H and O–H groups in total. The quantitative estimate of drug-likeness (QED) is 0.802. The van der Waals surface area contributed by atoms with Crippen LogP contribution in [0.15, 0.2) is 35.0 Å². The Kier molecular flexibility index (Phi) is 4.24. The van der Waals surface area contributed by atoms with Crippen LogP contribution in [-0.2, 0) is 15.1 Å². The van der Waals surface area contributed by atoms with E-state index in [0.717, 1.165) is 12.8 Å². The summed E-state index contributed by atoms with van der Waals surface area (Å²) in [6, 6.07) is 7.71. The lowest BCUT2D eigenvalue weighted by Crippen LogP contribution is -2.41. The fourth-order valence-corrected chi connectivity index (χ4v) is 6.08. The number of esters is 1. The summed E-state index contributed by atoms with van der Waals surface area (Å²) in [6.45, 7) is 0. The van der Waals surface area contributed by atoms with Crippen molar-refractivity contribution in [3.63, 3.8) is 0 Å². The molecule has 2 saturated carbocycles. The predicted molar refractivity (Wildman–Crippen MR) is 95.2 cm³/mol. The van der Waals surface area contributed by atoms with E-state index in [0.29, 0.717) is 27.6 Å². The van der Waals surface area contributed by atoms with E-state index in [-0.39, 0.29) is 6.10 Å². The molecule has 24 heavy (non-hydrogen) atoms. The Labute approximate surface area is 149 Å². The van der Waals surface area contributed by atoms with Crippen LogP contribution < -0.4 is 5.32 Å². The van der Waals surface area contributed by atoms with Gasteiger partial charge in [-0.05, 0) is 55.1 Å². The smallest absolute Gasteiger partial charge is 0.349 e. The van der Waals surface area contributed by atoms with E-state index in [2.05, 4.69) is 5.32 Å². The molecule has 0 radical (unpaired) electrons. The Morgan fingerprint density at radius 3 is 2.42 bits per heavy atom. The summed E-state index contributed by atoms with van der Waals surface area (Å²) in [6.07, 6.45) is 3.09. The first-order valence-corrected chi connectivity index (χ1v) is 10.1. The van der Waals surface area contributed by atoms with Gasteiger partial charge in [0, 0.05) is 12.0 Å². The van der Waals surface area contributed by atoms with Gasteiger partial charge in [-0.15, -0.1) is 22.7 Å². The first-order valence-electron chi connectivity index (χ1n) is 8.33. The van der Waals surface area contributed by atoms with Crippen molar-refractivity contribution in [2.75, 3.05) is 7.05 Å². The highest BCUT2D eigenvalue weighted by atomic mass is 32.1. The summed E-state index contributed by atoms with van der Waals surface area (Å²) in [5.41, 5.74) is -1.70. The van der Waals surface area contributed by atoms with Gasteiger partial charge in [0.2, 0.25) is 5.60 Å². The van der Waals surface area contributed by atoms with Crippen molar-refractivity contribution >= 4 is 28.6 Å². The maximum Gasteiger partial charge on any atom is 0.349 e. The summed E-state index contributed by atoms with van der Waals surface area (Å²) >= 11 is 2.76. The molecule has 128 valence electrons. The largest absolute Gasteiger partial charge is 0.459 e. The molecular weight excluding hydrogens is 342 g/mol. The predicted octanol–water partition coefficient (Wildman–Crippen LogP) is 2.98. The number of hydrogen-bond acceptors (Lipinski definition) is 6. The molecule has 2 aromatic rings. The van der Waals surface area contributed by atoms with Crippen LogP contribution in [0.25, 0.3) is 0 Å². The van der Waals surface area contributed by atoms with Gasteiger partial charge in [-0.25, -0.2) is 4.79 Å². The van der Waals surface area contributed by atoms with E-state index < -0.39 is 11.6 Å². The van der Waals surface area contributed by atoms with Crippen molar-refractivity contribution in [1.82, 2.24) is 5.32 Å². The molecule has 4 atom stereocenters. The molecule has 2 aliphatic carbocycles.